The van der Waals surface area contributed by atoms with Gasteiger partial charge in [0.1, 0.15) is 11.5 Å². The second-order valence-corrected chi connectivity index (χ2v) is 9.01. The summed E-state index contributed by atoms with van der Waals surface area (Å²) in [6.07, 6.45) is 5.24. The molecule has 1 N–H and O–H groups in total. The molecule has 3 aromatic rings. The van der Waals surface area contributed by atoms with Gasteiger partial charge in [0.05, 0.1) is 50.4 Å². The molecule has 10 nitrogen and oxygen atoms in total. The van der Waals surface area contributed by atoms with Crippen molar-refractivity contribution in [3.05, 3.63) is 53.9 Å². The van der Waals surface area contributed by atoms with Gasteiger partial charge in [0.2, 0.25) is 0 Å². The number of fused-ring (bicyclic) bond motifs is 1. The van der Waals surface area contributed by atoms with Crippen molar-refractivity contribution in [1.29, 1.82) is 0 Å². The second-order valence-electron chi connectivity index (χ2n) is 9.01. The molecule has 0 saturated carbocycles. The van der Waals surface area contributed by atoms with Crippen LogP contribution in [0.5, 0.6) is 11.5 Å². The number of pyridine rings is 1. The number of amides is 3. The Kier molecular flexibility index (Phi) is 6.95. The van der Waals surface area contributed by atoms with E-state index in [9.17, 15) is 9.59 Å². The van der Waals surface area contributed by atoms with Crippen LogP contribution in [0.2, 0.25) is 0 Å². The molecular formula is C26H31N5O5. The molecule has 10 heteroatoms. The Balaban J connectivity index is 1.24. The first-order chi connectivity index (χ1) is 17.6. The zero-order chi connectivity index (χ0) is 25.1. The van der Waals surface area contributed by atoms with E-state index in [1.54, 1.807) is 43.1 Å². The lowest BCUT2D eigenvalue weighted by Gasteiger charge is -2.32. The standard InChI is InChI=1S/C26H31N5O5/c1-34-20-3-4-22(24(16-20)35-2)28-26(33)30-8-5-18(6-9-30)19-7-10-31-23(15-19)21(17-27-31)25(32)29-11-13-36-14-12-29/h3-4,7,10,15-18H,5-6,8-9,11-14H2,1-2H3,(H,28,33). The van der Waals surface area contributed by atoms with Crippen LogP contribution in [0.3, 0.4) is 0 Å². The van der Waals surface area contributed by atoms with Crippen LogP contribution in [0.15, 0.2) is 42.7 Å². The maximum atomic E-state index is 13.1. The molecule has 36 heavy (non-hydrogen) atoms. The van der Waals surface area contributed by atoms with Gasteiger partial charge in [-0.25, -0.2) is 9.31 Å². The van der Waals surface area contributed by atoms with Crippen molar-refractivity contribution in [3.8, 4) is 11.5 Å². The maximum absolute atomic E-state index is 13.1. The van der Waals surface area contributed by atoms with Crippen molar-refractivity contribution < 1.29 is 23.8 Å². The summed E-state index contributed by atoms with van der Waals surface area (Å²) in [5.41, 5.74) is 3.20. The summed E-state index contributed by atoms with van der Waals surface area (Å²) in [4.78, 5) is 29.6. The summed E-state index contributed by atoms with van der Waals surface area (Å²) in [7, 11) is 3.15. The van der Waals surface area contributed by atoms with E-state index in [1.165, 1.54) is 0 Å². The van der Waals surface area contributed by atoms with Gasteiger partial charge in [0.15, 0.2) is 0 Å². The summed E-state index contributed by atoms with van der Waals surface area (Å²) < 4.78 is 17.7. The van der Waals surface area contributed by atoms with Crippen molar-refractivity contribution >= 4 is 23.1 Å². The third kappa shape index (κ3) is 4.81. The predicted molar refractivity (Wildman–Crippen MR) is 134 cm³/mol. The largest absolute Gasteiger partial charge is 0.497 e. The number of carbonyl (C=O) groups excluding carboxylic acids is 2. The number of ether oxygens (including phenoxy) is 3. The number of rotatable bonds is 5. The van der Waals surface area contributed by atoms with Crippen LogP contribution in [-0.4, -0.2) is 85.0 Å². The van der Waals surface area contributed by atoms with Gasteiger partial charge in [-0.15, -0.1) is 0 Å². The highest BCUT2D eigenvalue weighted by Crippen LogP contribution is 2.32. The SMILES string of the molecule is COc1ccc(NC(=O)N2CCC(c3ccn4ncc(C(=O)N5CCOCC5)c4c3)CC2)c(OC)c1. The van der Waals surface area contributed by atoms with E-state index in [0.717, 1.165) is 23.9 Å². The minimum Gasteiger partial charge on any atom is -0.497 e. The number of hydrogen-bond acceptors (Lipinski definition) is 6. The van der Waals surface area contributed by atoms with Gasteiger partial charge in [-0.2, -0.15) is 5.10 Å². The third-order valence-corrected chi connectivity index (χ3v) is 6.98. The number of piperidine rings is 1. The first-order valence-electron chi connectivity index (χ1n) is 12.2. The molecule has 0 spiro atoms. The summed E-state index contributed by atoms with van der Waals surface area (Å²) in [6.45, 7) is 3.59. The number of methoxy groups -OCH3 is 2. The molecular weight excluding hydrogens is 462 g/mol. The molecule has 0 aliphatic carbocycles. The van der Waals surface area contributed by atoms with Crippen LogP contribution in [0.1, 0.15) is 34.7 Å². The second kappa shape index (κ2) is 10.4. The Bertz CT molecular complexity index is 1240. The Labute approximate surface area is 209 Å². The molecule has 2 fully saturated rings. The number of likely N-dealkylation sites (tertiary alicyclic amines) is 1. The van der Waals surface area contributed by atoms with Gasteiger partial charge in [0, 0.05) is 38.4 Å². The Morgan fingerprint density at radius 3 is 2.50 bits per heavy atom. The zero-order valence-corrected chi connectivity index (χ0v) is 20.6. The fraction of sp³-hybridized carbons (Fsp3) is 0.423. The smallest absolute Gasteiger partial charge is 0.321 e. The lowest BCUT2D eigenvalue weighted by atomic mass is 9.89. The Hall–Kier alpha value is -3.79. The normalized spacial score (nSPS) is 16.7. The predicted octanol–water partition coefficient (Wildman–Crippen LogP) is 3.24. The van der Waals surface area contributed by atoms with Crippen LogP contribution >= 0.6 is 0 Å². The maximum Gasteiger partial charge on any atom is 0.321 e. The number of carbonyl (C=O) groups is 2. The molecule has 5 rings (SSSR count). The van der Waals surface area contributed by atoms with Crippen molar-refractivity contribution in [3.63, 3.8) is 0 Å². The van der Waals surface area contributed by atoms with Gasteiger partial charge in [0.25, 0.3) is 5.91 Å². The van der Waals surface area contributed by atoms with Crippen LogP contribution in [-0.2, 0) is 4.74 Å². The van der Waals surface area contributed by atoms with E-state index >= 15 is 0 Å². The molecule has 4 heterocycles. The van der Waals surface area contributed by atoms with Gasteiger partial charge in [-0.3, -0.25) is 4.79 Å². The van der Waals surface area contributed by atoms with E-state index in [2.05, 4.69) is 22.5 Å². The number of morpholine rings is 1. The zero-order valence-electron chi connectivity index (χ0n) is 20.6. The number of urea groups is 1. The van der Waals surface area contributed by atoms with Crippen molar-refractivity contribution in [2.75, 3.05) is 58.9 Å². The topological polar surface area (TPSA) is 97.6 Å². The van der Waals surface area contributed by atoms with Crippen molar-refractivity contribution in [1.82, 2.24) is 19.4 Å². The first-order valence-corrected chi connectivity index (χ1v) is 12.2. The summed E-state index contributed by atoms with van der Waals surface area (Å²) >= 11 is 0. The monoisotopic (exact) mass is 493 g/mol. The average Bonchev–Trinajstić information content (AvgIpc) is 3.36. The molecule has 2 aromatic heterocycles. The van der Waals surface area contributed by atoms with Crippen LogP contribution in [0.25, 0.3) is 5.52 Å². The number of benzene rings is 1. The molecule has 1 aromatic carbocycles. The fourth-order valence-electron chi connectivity index (χ4n) is 4.86. The lowest BCUT2D eigenvalue weighted by molar-refractivity contribution is 0.0304. The van der Waals surface area contributed by atoms with Gasteiger partial charge in [-0.05, 0) is 48.6 Å². The minimum absolute atomic E-state index is 0.00843. The molecule has 0 unspecified atom stereocenters. The van der Waals surface area contributed by atoms with Crippen LogP contribution in [0.4, 0.5) is 10.5 Å². The lowest BCUT2D eigenvalue weighted by Crippen LogP contribution is -2.40. The summed E-state index contributed by atoms with van der Waals surface area (Å²) in [5.74, 6) is 1.51. The molecule has 0 radical (unpaired) electrons. The van der Waals surface area contributed by atoms with Crippen molar-refractivity contribution in [2.45, 2.75) is 18.8 Å². The fourth-order valence-corrected chi connectivity index (χ4v) is 4.86. The minimum atomic E-state index is -0.151. The molecule has 190 valence electrons. The Morgan fingerprint density at radius 1 is 1.00 bits per heavy atom. The quantitative estimate of drug-likeness (QED) is 0.586. The van der Waals surface area contributed by atoms with E-state index in [0.29, 0.717) is 68.1 Å². The Morgan fingerprint density at radius 2 is 1.78 bits per heavy atom. The highest BCUT2D eigenvalue weighted by molar-refractivity contribution is 6.00. The average molecular weight is 494 g/mol. The van der Waals surface area contributed by atoms with E-state index in [4.69, 9.17) is 14.2 Å². The highest BCUT2D eigenvalue weighted by atomic mass is 16.5. The molecule has 0 bridgehead atoms. The van der Waals surface area contributed by atoms with E-state index < -0.39 is 0 Å². The third-order valence-electron chi connectivity index (χ3n) is 6.98. The first kappa shape index (κ1) is 23.9. The summed E-state index contributed by atoms with van der Waals surface area (Å²) in [6, 6.07) is 9.29. The molecule has 3 amide bonds. The number of anilines is 1. The van der Waals surface area contributed by atoms with Gasteiger partial charge >= 0.3 is 6.03 Å². The van der Waals surface area contributed by atoms with Crippen LogP contribution in [0, 0.1) is 0 Å². The molecule has 0 atom stereocenters. The number of nitrogens with zero attached hydrogens (tertiary/aromatic N) is 4. The van der Waals surface area contributed by atoms with Gasteiger partial charge < -0.3 is 29.3 Å². The highest BCUT2D eigenvalue weighted by Gasteiger charge is 2.26. The number of nitrogens with one attached hydrogen (secondary N) is 1. The van der Waals surface area contributed by atoms with Crippen LogP contribution < -0.4 is 14.8 Å². The number of aromatic nitrogens is 2. The van der Waals surface area contributed by atoms with E-state index in [1.807, 2.05) is 16.0 Å². The molecule has 2 saturated heterocycles. The van der Waals surface area contributed by atoms with Gasteiger partial charge in [-0.1, -0.05) is 0 Å². The molecule has 2 aliphatic rings. The van der Waals surface area contributed by atoms with Crippen molar-refractivity contribution in [2.24, 2.45) is 0 Å². The summed E-state index contributed by atoms with van der Waals surface area (Å²) in [5, 5.41) is 7.33. The van der Waals surface area contributed by atoms with E-state index in [-0.39, 0.29) is 11.9 Å². The number of hydrogen-bond donors (Lipinski definition) is 1. The molecule has 2 aliphatic heterocycles.